The molecule has 18 heavy (non-hydrogen) atoms. The van der Waals surface area contributed by atoms with E-state index in [-0.39, 0.29) is 17.2 Å². The van der Waals surface area contributed by atoms with E-state index in [1.807, 2.05) is 4.90 Å². The predicted octanol–water partition coefficient (Wildman–Crippen LogP) is 1.46. The highest BCUT2D eigenvalue weighted by Crippen LogP contribution is 2.15. The van der Waals surface area contributed by atoms with Crippen molar-refractivity contribution in [1.82, 2.24) is 9.80 Å². The molecule has 0 atom stereocenters. The van der Waals surface area contributed by atoms with Gasteiger partial charge in [0.2, 0.25) is 5.91 Å². The first kappa shape index (κ1) is 14.9. The van der Waals surface area contributed by atoms with Crippen LogP contribution in [0, 0.1) is 0 Å². The summed E-state index contributed by atoms with van der Waals surface area (Å²) < 4.78 is 0. The van der Waals surface area contributed by atoms with Gasteiger partial charge in [-0.05, 0) is 33.8 Å². The molecule has 0 aromatic rings. The first-order chi connectivity index (χ1) is 8.30. The zero-order chi connectivity index (χ0) is 13.8. The van der Waals surface area contributed by atoms with E-state index in [4.69, 9.17) is 0 Å². The second kappa shape index (κ2) is 6.14. The van der Waals surface area contributed by atoms with E-state index >= 15 is 0 Å². The van der Waals surface area contributed by atoms with Crippen LogP contribution in [-0.4, -0.2) is 53.2 Å². The quantitative estimate of drug-likeness (QED) is 0.714. The maximum Gasteiger partial charge on any atom is 0.246 e. The molecule has 4 nitrogen and oxygen atoms in total. The van der Waals surface area contributed by atoms with Gasteiger partial charge in [0.15, 0.2) is 0 Å². The minimum Gasteiger partial charge on any atom is -0.337 e. The molecule has 0 bridgehead atoms. The summed E-state index contributed by atoms with van der Waals surface area (Å²) in [6.45, 7) is 11.5. The zero-order valence-electron chi connectivity index (χ0n) is 11.9. The Balaban J connectivity index is 2.41. The maximum atomic E-state index is 11.8. The monoisotopic (exact) mass is 252 g/mol. The number of hydrogen-bond acceptors (Lipinski definition) is 3. The van der Waals surface area contributed by atoms with Gasteiger partial charge in [-0.25, -0.2) is 0 Å². The highest BCUT2D eigenvalue weighted by Gasteiger charge is 2.26. The third-order valence-corrected chi connectivity index (χ3v) is 3.21. The molecule has 0 aromatic carbocycles. The fourth-order valence-corrected chi connectivity index (χ4v) is 2.03. The lowest BCUT2D eigenvalue weighted by atomic mass is 10.0. The topological polar surface area (TPSA) is 40.6 Å². The fraction of sp³-hybridized carbons (Fsp3) is 0.714. The highest BCUT2D eigenvalue weighted by atomic mass is 16.2. The van der Waals surface area contributed by atoms with Crippen molar-refractivity contribution >= 4 is 11.7 Å². The molecule has 0 N–H and O–H groups in total. The van der Waals surface area contributed by atoms with Crippen molar-refractivity contribution in [1.29, 1.82) is 0 Å². The number of carbonyl (C=O) groups is 2. The standard InChI is InChI=1S/C14H24N2O2/c1-12(17)6-5-7-13(18)15-8-10-16(11-9-15)14(2,3)4/h5,7H,6,8-11H2,1-4H3/b7-5+. The minimum absolute atomic E-state index is 0.0183. The number of rotatable bonds is 3. The normalized spacial score (nSPS) is 18.3. The average molecular weight is 252 g/mol. The maximum absolute atomic E-state index is 11.8. The second-order valence-electron chi connectivity index (χ2n) is 5.79. The number of piperazine rings is 1. The smallest absolute Gasteiger partial charge is 0.246 e. The van der Waals surface area contributed by atoms with Gasteiger partial charge in [-0.1, -0.05) is 6.08 Å². The molecule has 1 aliphatic rings. The molecule has 1 aliphatic heterocycles. The molecular weight excluding hydrogens is 228 g/mol. The number of nitrogens with zero attached hydrogens (tertiary/aromatic N) is 2. The van der Waals surface area contributed by atoms with Gasteiger partial charge in [0, 0.05) is 38.1 Å². The molecule has 0 aliphatic carbocycles. The van der Waals surface area contributed by atoms with Crippen LogP contribution < -0.4 is 0 Å². The molecule has 1 saturated heterocycles. The Hall–Kier alpha value is -1.16. The second-order valence-corrected chi connectivity index (χ2v) is 5.79. The average Bonchev–Trinajstić information content (AvgIpc) is 2.27. The molecule has 0 unspecified atom stereocenters. The van der Waals surface area contributed by atoms with Crippen molar-refractivity contribution in [3.05, 3.63) is 12.2 Å². The summed E-state index contributed by atoms with van der Waals surface area (Å²) in [5.74, 6) is 0.0985. The van der Waals surface area contributed by atoms with Crippen molar-refractivity contribution in [3.8, 4) is 0 Å². The summed E-state index contributed by atoms with van der Waals surface area (Å²) >= 11 is 0. The van der Waals surface area contributed by atoms with E-state index < -0.39 is 0 Å². The number of allylic oxidation sites excluding steroid dienone is 1. The third-order valence-electron chi connectivity index (χ3n) is 3.21. The third kappa shape index (κ3) is 4.61. The number of Topliss-reactive ketones (excluding diaryl/α,β-unsaturated/α-hetero) is 1. The Kier molecular flexibility index (Phi) is 5.08. The molecular formula is C14H24N2O2. The summed E-state index contributed by atoms with van der Waals surface area (Å²) in [5.41, 5.74) is 0.166. The van der Waals surface area contributed by atoms with Crippen LogP contribution in [-0.2, 0) is 9.59 Å². The van der Waals surface area contributed by atoms with Crippen molar-refractivity contribution in [2.24, 2.45) is 0 Å². The molecule has 1 fully saturated rings. The van der Waals surface area contributed by atoms with Gasteiger partial charge in [-0.3, -0.25) is 14.5 Å². The van der Waals surface area contributed by atoms with Gasteiger partial charge in [0.05, 0.1) is 0 Å². The highest BCUT2D eigenvalue weighted by molar-refractivity contribution is 5.88. The zero-order valence-corrected chi connectivity index (χ0v) is 11.9. The van der Waals surface area contributed by atoms with Gasteiger partial charge >= 0.3 is 0 Å². The van der Waals surface area contributed by atoms with Crippen LogP contribution in [0.15, 0.2) is 12.2 Å². The molecule has 102 valence electrons. The minimum atomic E-state index is 0.0183. The van der Waals surface area contributed by atoms with Crippen LogP contribution in [0.4, 0.5) is 0 Å². The van der Waals surface area contributed by atoms with Crippen LogP contribution in [0.5, 0.6) is 0 Å². The SMILES string of the molecule is CC(=O)C/C=C/C(=O)N1CCN(C(C)(C)C)CC1. The van der Waals surface area contributed by atoms with Crippen LogP contribution in [0.25, 0.3) is 0 Å². The van der Waals surface area contributed by atoms with E-state index in [2.05, 4.69) is 25.7 Å². The number of ketones is 1. The number of carbonyl (C=O) groups excluding carboxylic acids is 2. The van der Waals surface area contributed by atoms with Gasteiger partial charge < -0.3 is 4.90 Å². The largest absolute Gasteiger partial charge is 0.337 e. The molecule has 1 heterocycles. The predicted molar refractivity (Wildman–Crippen MR) is 72.3 cm³/mol. The number of hydrogen-bond donors (Lipinski definition) is 0. The summed E-state index contributed by atoms with van der Waals surface area (Å²) in [4.78, 5) is 26.8. The Morgan fingerprint density at radius 2 is 1.67 bits per heavy atom. The summed E-state index contributed by atoms with van der Waals surface area (Å²) in [6.07, 6.45) is 3.52. The van der Waals surface area contributed by atoms with Gasteiger partial charge in [0.1, 0.15) is 5.78 Å². The van der Waals surface area contributed by atoms with Gasteiger partial charge in [0.25, 0.3) is 0 Å². The Bertz CT molecular complexity index is 334. The fourth-order valence-electron chi connectivity index (χ4n) is 2.03. The van der Waals surface area contributed by atoms with E-state index in [1.165, 1.54) is 13.0 Å². The Labute approximate surface area is 110 Å². The van der Waals surface area contributed by atoms with Crippen LogP contribution in [0.1, 0.15) is 34.1 Å². The van der Waals surface area contributed by atoms with E-state index in [1.54, 1.807) is 6.08 Å². The van der Waals surface area contributed by atoms with Crippen LogP contribution >= 0.6 is 0 Å². The van der Waals surface area contributed by atoms with Crippen molar-refractivity contribution in [3.63, 3.8) is 0 Å². The Morgan fingerprint density at radius 1 is 1.11 bits per heavy atom. The molecule has 0 saturated carbocycles. The van der Waals surface area contributed by atoms with Crippen LogP contribution in [0.3, 0.4) is 0 Å². The van der Waals surface area contributed by atoms with Gasteiger partial charge in [-0.2, -0.15) is 0 Å². The lowest BCUT2D eigenvalue weighted by Gasteiger charge is -2.42. The molecule has 1 amide bonds. The lowest BCUT2D eigenvalue weighted by molar-refractivity contribution is -0.128. The molecule has 1 rings (SSSR count). The summed E-state index contributed by atoms with van der Waals surface area (Å²) in [5, 5.41) is 0. The van der Waals surface area contributed by atoms with Crippen molar-refractivity contribution < 1.29 is 9.59 Å². The molecule has 0 radical (unpaired) electrons. The van der Waals surface area contributed by atoms with E-state index in [9.17, 15) is 9.59 Å². The summed E-state index contributed by atoms with van der Waals surface area (Å²) in [6, 6.07) is 0. The van der Waals surface area contributed by atoms with E-state index in [0.717, 1.165) is 26.2 Å². The number of amides is 1. The summed E-state index contributed by atoms with van der Waals surface area (Å²) in [7, 11) is 0. The van der Waals surface area contributed by atoms with Crippen LogP contribution in [0.2, 0.25) is 0 Å². The van der Waals surface area contributed by atoms with Gasteiger partial charge in [-0.15, -0.1) is 0 Å². The first-order valence-corrected chi connectivity index (χ1v) is 6.50. The molecule has 0 aromatic heterocycles. The molecule has 4 heteroatoms. The van der Waals surface area contributed by atoms with Crippen molar-refractivity contribution in [2.75, 3.05) is 26.2 Å². The Morgan fingerprint density at radius 3 is 2.11 bits per heavy atom. The van der Waals surface area contributed by atoms with E-state index in [0.29, 0.717) is 6.42 Å². The first-order valence-electron chi connectivity index (χ1n) is 6.50. The molecule has 0 spiro atoms. The van der Waals surface area contributed by atoms with Crippen molar-refractivity contribution in [2.45, 2.75) is 39.7 Å². The lowest BCUT2D eigenvalue weighted by Crippen LogP contribution is -2.54.